The Kier molecular flexibility index (Phi) is 7.00. The molecule has 0 unspecified atom stereocenters. The summed E-state index contributed by atoms with van der Waals surface area (Å²) in [5.41, 5.74) is 1.16. The molecule has 3 aromatic rings. The van der Waals surface area contributed by atoms with Crippen LogP contribution in [0, 0.1) is 5.82 Å². The third kappa shape index (κ3) is 5.98. The zero-order valence-corrected chi connectivity index (χ0v) is 17.5. The fraction of sp³-hybridized carbons (Fsp3) is 0.227. The molecule has 1 aliphatic rings. The van der Waals surface area contributed by atoms with Crippen molar-refractivity contribution in [2.45, 2.75) is 0 Å². The van der Waals surface area contributed by atoms with Crippen molar-refractivity contribution in [1.82, 2.24) is 15.3 Å². The van der Waals surface area contributed by atoms with Gasteiger partial charge >= 0.3 is 0 Å². The second kappa shape index (κ2) is 10.5. The van der Waals surface area contributed by atoms with Crippen LogP contribution in [-0.2, 0) is 4.79 Å². The van der Waals surface area contributed by atoms with Gasteiger partial charge in [0.25, 0.3) is 5.91 Å². The van der Waals surface area contributed by atoms with Crippen LogP contribution in [0.2, 0.25) is 0 Å². The van der Waals surface area contributed by atoms with E-state index in [-0.39, 0.29) is 37.4 Å². The Morgan fingerprint density at radius 3 is 2.76 bits per heavy atom. The molecule has 1 aliphatic heterocycles. The van der Waals surface area contributed by atoms with Crippen molar-refractivity contribution >= 4 is 29.0 Å². The molecule has 10 nitrogen and oxygen atoms in total. The van der Waals surface area contributed by atoms with Gasteiger partial charge in [-0.05, 0) is 24.3 Å². The normalized spacial score (nSPS) is 12.1. The Bertz CT molecular complexity index is 1130. The lowest BCUT2D eigenvalue weighted by atomic mass is 10.2. The van der Waals surface area contributed by atoms with Crippen LogP contribution in [0.25, 0.3) is 0 Å². The number of hydrogen-bond donors (Lipinski definition) is 4. The summed E-state index contributed by atoms with van der Waals surface area (Å²) in [6.45, 7) is 0.754. The maximum absolute atomic E-state index is 14.3. The zero-order chi connectivity index (χ0) is 23.0. The van der Waals surface area contributed by atoms with Gasteiger partial charge in [0.05, 0.1) is 12.8 Å². The Hall–Kier alpha value is -4.12. The third-order valence-electron chi connectivity index (χ3n) is 4.44. The van der Waals surface area contributed by atoms with Crippen molar-refractivity contribution in [1.29, 1.82) is 0 Å². The van der Waals surface area contributed by atoms with E-state index in [1.54, 1.807) is 42.5 Å². The molecule has 0 atom stereocenters. The lowest BCUT2D eigenvalue weighted by molar-refractivity contribution is -0.123. The standard InChI is InChI=1S/C22H22FN5O5/c23-17-12-25-22(27-14-2-1-3-16(10-14)33-13-20(30)24-6-7-29)28-21(17)26-15-4-5-18-19(11-15)32-9-8-31-18/h1-5,10-12,29H,6-9,13H2,(H,24,30)(H2,25,26,27,28). The van der Waals surface area contributed by atoms with E-state index in [1.807, 2.05) is 0 Å². The molecule has 0 bridgehead atoms. The molecule has 11 heteroatoms. The first-order valence-corrected chi connectivity index (χ1v) is 10.2. The summed E-state index contributed by atoms with van der Waals surface area (Å²) in [6.07, 6.45) is 1.06. The minimum absolute atomic E-state index is 0.0165. The van der Waals surface area contributed by atoms with Crippen LogP contribution in [0.3, 0.4) is 0 Å². The number of nitrogens with one attached hydrogen (secondary N) is 3. The maximum atomic E-state index is 14.3. The number of rotatable bonds is 9. The van der Waals surface area contributed by atoms with E-state index < -0.39 is 5.82 Å². The SMILES string of the molecule is O=C(COc1cccc(Nc2ncc(F)c(Nc3ccc4c(c3)OCCO4)n2)c1)NCCO. The van der Waals surface area contributed by atoms with Crippen LogP contribution in [0.5, 0.6) is 17.2 Å². The van der Waals surface area contributed by atoms with Gasteiger partial charge in [-0.2, -0.15) is 4.98 Å². The van der Waals surface area contributed by atoms with Crippen LogP contribution < -0.4 is 30.2 Å². The highest BCUT2D eigenvalue weighted by Gasteiger charge is 2.14. The van der Waals surface area contributed by atoms with Crippen molar-refractivity contribution in [2.24, 2.45) is 0 Å². The van der Waals surface area contributed by atoms with Gasteiger partial charge in [0.15, 0.2) is 29.7 Å². The number of ether oxygens (including phenoxy) is 3. The smallest absolute Gasteiger partial charge is 0.258 e. The van der Waals surface area contributed by atoms with Gasteiger partial charge in [-0.1, -0.05) is 6.07 Å². The molecule has 4 rings (SSSR count). The Labute approximate surface area is 188 Å². The number of aromatic nitrogens is 2. The van der Waals surface area contributed by atoms with Gasteiger partial charge in [-0.25, -0.2) is 9.37 Å². The van der Waals surface area contributed by atoms with Crippen LogP contribution >= 0.6 is 0 Å². The number of aliphatic hydroxyl groups is 1. The zero-order valence-electron chi connectivity index (χ0n) is 17.5. The molecule has 4 N–H and O–H groups in total. The van der Waals surface area contributed by atoms with Crippen LogP contribution in [0.15, 0.2) is 48.7 Å². The Balaban J connectivity index is 1.42. The number of nitrogens with zero attached hydrogens (tertiary/aromatic N) is 2. The molecule has 1 aromatic heterocycles. The molecule has 33 heavy (non-hydrogen) atoms. The summed E-state index contributed by atoms with van der Waals surface area (Å²) in [5, 5.41) is 17.1. The summed E-state index contributed by atoms with van der Waals surface area (Å²) in [5.74, 6) is 0.814. The topological polar surface area (TPSA) is 127 Å². The van der Waals surface area contributed by atoms with Gasteiger partial charge in [-0.15, -0.1) is 0 Å². The average Bonchev–Trinajstić information content (AvgIpc) is 2.83. The number of anilines is 4. The van der Waals surface area contributed by atoms with E-state index in [0.29, 0.717) is 41.8 Å². The third-order valence-corrected chi connectivity index (χ3v) is 4.44. The second-order valence-corrected chi connectivity index (χ2v) is 6.89. The van der Waals surface area contributed by atoms with Crippen molar-refractivity contribution in [3.8, 4) is 17.2 Å². The van der Waals surface area contributed by atoms with Gasteiger partial charge in [0.1, 0.15) is 19.0 Å². The summed E-state index contributed by atoms with van der Waals surface area (Å²) in [7, 11) is 0. The van der Waals surface area contributed by atoms with E-state index in [9.17, 15) is 9.18 Å². The van der Waals surface area contributed by atoms with Gasteiger partial charge in [-0.3, -0.25) is 4.79 Å². The largest absolute Gasteiger partial charge is 0.486 e. The van der Waals surface area contributed by atoms with E-state index in [0.717, 1.165) is 6.20 Å². The predicted molar refractivity (Wildman–Crippen MR) is 118 cm³/mol. The molecule has 0 fully saturated rings. The molecule has 0 aliphatic carbocycles. The number of carbonyl (C=O) groups is 1. The first-order chi connectivity index (χ1) is 16.1. The molecule has 0 radical (unpaired) electrons. The molecular weight excluding hydrogens is 433 g/mol. The van der Waals surface area contributed by atoms with Crippen LogP contribution in [0.4, 0.5) is 27.5 Å². The van der Waals surface area contributed by atoms with Gasteiger partial charge in [0, 0.05) is 30.1 Å². The summed E-state index contributed by atoms with van der Waals surface area (Å²) in [6, 6.07) is 12.0. The molecule has 2 aromatic carbocycles. The van der Waals surface area contributed by atoms with Gasteiger partial charge < -0.3 is 35.3 Å². The van der Waals surface area contributed by atoms with Crippen LogP contribution in [-0.4, -0.2) is 54.0 Å². The fourth-order valence-electron chi connectivity index (χ4n) is 2.96. The Morgan fingerprint density at radius 1 is 1.09 bits per heavy atom. The number of carbonyl (C=O) groups excluding carboxylic acids is 1. The van der Waals surface area contributed by atoms with Crippen LogP contribution in [0.1, 0.15) is 0 Å². The second-order valence-electron chi connectivity index (χ2n) is 6.89. The minimum Gasteiger partial charge on any atom is -0.486 e. The lowest BCUT2D eigenvalue weighted by Crippen LogP contribution is -2.31. The number of aliphatic hydroxyl groups excluding tert-OH is 1. The summed E-state index contributed by atoms with van der Waals surface area (Å²) >= 11 is 0. The van der Waals surface area contributed by atoms with E-state index >= 15 is 0 Å². The average molecular weight is 455 g/mol. The summed E-state index contributed by atoms with van der Waals surface area (Å²) in [4.78, 5) is 19.8. The highest BCUT2D eigenvalue weighted by Crippen LogP contribution is 2.33. The highest BCUT2D eigenvalue weighted by molar-refractivity contribution is 5.77. The number of hydrogen-bond acceptors (Lipinski definition) is 9. The molecule has 172 valence electrons. The minimum atomic E-state index is -0.624. The van der Waals surface area contributed by atoms with E-state index in [1.165, 1.54) is 0 Å². The molecule has 0 spiro atoms. The monoisotopic (exact) mass is 455 g/mol. The van der Waals surface area contributed by atoms with Crippen molar-refractivity contribution < 1.29 is 28.5 Å². The molecule has 0 saturated carbocycles. The number of benzene rings is 2. The van der Waals surface area contributed by atoms with Crippen molar-refractivity contribution in [2.75, 3.05) is 43.6 Å². The first-order valence-electron chi connectivity index (χ1n) is 10.2. The van der Waals surface area contributed by atoms with E-state index in [4.69, 9.17) is 19.3 Å². The summed E-state index contributed by atoms with van der Waals surface area (Å²) < 4.78 is 30.8. The predicted octanol–water partition coefficient (Wildman–Crippen LogP) is 2.36. The number of amides is 1. The quantitative estimate of drug-likeness (QED) is 0.385. The van der Waals surface area contributed by atoms with Crippen molar-refractivity contribution in [3.63, 3.8) is 0 Å². The van der Waals surface area contributed by atoms with Gasteiger partial charge in [0.2, 0.25) is 5.95 Å². The maximum Gasteiger partial charge on any atom is 0.258 e. The first kappa shape index (κ1) is 22.1. The van der Waals surface area contributed by atoms with Crippen molar-refractivity contribution in [3.05, 3.63) is 54.5 Å². The highest BCUT2D eigenvalue weighted by atomic mass is 19.1. The number of fused-ring (bicyclic) bond motifs is 1. The molecule has 2 heterocycles. The molecule has 1 amide bonds. The number of halogens is 1. The molecule has 0 saturated heterocycles. The fourth-order valence-corrected chi connectivity index (χ4v) is 2.96. The van der Waals surface area contributed by atoms with E-state index in [2.05, 4.69) is 25.9 Å². The Morgan fingerprint density at radius 2 is 1.91 bits per heavy atom. The molecular formula is C22H22FN5O5. The lowest BCUT2D eigenvalue weighted by Gasteiger charge is -2.19.